The number of anilines is 2. The highest BCUT2D eigenvalue weighted by Gasteiger charge is 2.18. The van der Waals surface area contributed by atoms with Crippen LogP contribution >= 0.6 is 0 Å². The van der Waals surface area contributed by atoms with Gasteiger partial charge in [-0.05, 0) is 62.4 Å². The number of amides is 3. The van der Waals surface area contributed by atoms with Crippen LogP contribution in [0.15, 0.2) is 70.2 Å². The van der Waals surface area contributed by atoms with Crippen molar-refractivity contribution >= 4 is 35.3 Å². The Morgan fingerprint density at radius 2 is 1.72 bits per heavy atom. The quantitative estimate of drug-likeness (QED) is 0.299. The molecule has 3 rings (SSSR count). The first kappa shape index (κ1) is 22.3. The summed E-state index contributed by atoms with van der Waals surface area (Å²) in [7, 11) is 0. The maximum atomic E-state index is 12.7. The summed E-state index contributed by atoms with van der Waals surface area (Å²) in [5.74, 6) is -0.605. The summed E-state index contributed by atoms with van der Waals surface area (Å²) >= 11 is 0. The van der Waals surface area contributed by atoms with Gasteiger partial charge in [-0.25, -0.2) is 5.43 Å². The summed E-state index contributed by atoms with van der Waals surface area (Å²) < 4.78 is 10.7. The van der Waals surface area contributed by atoms with E-state index in [1.165, 1.54) is 18.3 Å². The summed E-state index contributed by atoms with van der Waals surface area (Å²) in [6.07, 6.45) is 1.27. The average molecular weight is 434 g/mol. The number of benzene rings is 2. The van der Waals surface area contributed by atoms with Crippen molar-refractivity contribution in [1.82, 2.24) is 5.43 Å². The Morgan fingerprint density at radius 3 is 2.41 bits per heavy atom. The summed E-state index contributed by atoms with van der Waals surface area (Å²) in [4.78, 5) is 36.9. The van der Waals surface area contributed by atoms with E-state index < -0.39 is 17.7 Å². The SMILES string of the molecule is CCOc1ccc(NC(=O)c2ccccc2NC(=O)C(=O)NN=Cc2ccc(C)o2)cc1. The molecule has 0 atom stereocenters. The summed E-state index contributed by atoms with van der Waals surface area (Å²) in [5, 5.41) is 8.85. The number of ether oxygens (including phenoxy) is 1. The van der Waals surface area contributed by atoms with E-state index in [-0.39, 0.29) is 11.3 Å². The van der Waals surface area contributed by atoms with E-state index in [1.54, 1.807) is 55.5 Å². The predicted molar refractivity (Wildman–Crippen MR) is 120 cm³/mol. The zero-order valence-electron chi connectivity index (χ0n) is 17.5. The van der Waals surface area contributed by atoms with Gasteiger partial charge >= 0.3 is 11.8 Å². The maximum absolute atomic E-state index is 12.7. The standard InChI is InChI=1S/C23H22N4O5/c1-3-31-17-12-9-16(10-13-17)25-21(28)19-6-4-5-7-20(19)26-22(29)23(30)27-24-14-18-11-8-15(2)32-18/h4-14H,3H2,1-2H3,(H,25,28)(H,26,29)(H,27,30). The van der Waals surface area contributed by atoms with Crippen molar-refractivity contribution in [1.29, 1.82) is 0 Å². The molecule has 0 spiro atoms. The van der Waals surface area contributed by atoms with E-state index >= 15 is 0 Å². The van der Waals surface area contributed by atoms with Crippen LogP contribution in [0.1, 0.15) is 28.8 Å². The van der Waals surface area contributed by atoms with Crippen LogP contribution < -0.4 is 20.8 Å². The van der Waals surface area contributed by atoms with E-state index in [1.807, 2.05) is 6.92 Å². The van der Waals surface area contributed by atoms with Gasteiger partial charge in [0, 0.05) is 5.69 Å². The van der Waals surface area contributed by atoms with Crippen LogP contribution in [0.25, 0.3) is 0 Å². The monoisotopic (exact) mass is 434 g/mol. The minimum Gasteiger partial charge on any atom is -0.494 e. The van der Waals surface area contributed by atoms with Gasteiger partial charge in [0.05, 0.1) is 24.1 Å². The number of para-hydroxylation sites is 1. The second kappa shape index (κ2) is 10.6. The van der Waals surface area contributed by atoms with Gasteiger partial charge in [0.15, 0.2) is 0 Å². The molecule has 0 aliphatic heterocycles. The van der Waals surface area contributed by atoms with Crippen LogP contribution in [0, 0.1) is 6.92 Å². The number of furan rings is 1. The van der Waals surface area contributed by atoms with E-state index in [9.17, 15) is 14.4 Å². The van der Waals surface area contributed by atoms with E-state index in [4.69, 9.17) is 9.15 Å². The van der Waals surface area contributed by atoms with E-state index in [0.29, 0.717) is 29.6 Å². The lowest BCUT2D eigenvalue weighted by molar-refractivity contribution is -0.136. The minimum atomic E-state index is -0.994. The molecule has 3 aromatic rings. The molecule has 0 saturated carbocycles. The lowest BCUT2D eigenvalue weighted by atomic mass is 10.1. The van der Waals surface area contributed by atoms with Crippen molar-refractivity contribution in [3.8, 4) is 5.75 Å². The molecule has 0 bridgehead atoms. The van der Waals surface area contributed by atoms with Crippen LogP contribution in [0.4, 0.5) is 11.4 Å². The average Bonchev–Trinajstić information content (AvgIpc) is 3.20. The first-order chi connectivity index (χ1) is 15.5. The topological polar surface area (TPSA) is 122 Å². The molecule has 2 aromatic carbocycles. The number of aryl methyl sites for hydroxylation is 1. The fourth-order valence-corrected chi connectivity index (χ4v) is 2.70. The molecule has 3 amide bonds. The molecule has 0 unspecified atom stereocenters. The van der Waals surface area contributed by atoms with Gasteiger partial charge in [0.25, 0.3) is 5.91 Å². The molecule has 32 heavy (non-hydrogen) atoms. The number of hydrogen-bond donors (Lipinski definition) is 3. The summed E-state index contributed by atoms with van der Waals surface area (Å²) in [5.41, 5.74) is 3.04. The Bertz CT molecular complexity index is 1140. The number of rotatable bonds is 7. The van der Waals surface area contributed by atoms with Crippen molar-refractivity contribution in [2.75, 3.05) is 17.2 Å². The molecule has 0 aliphatic carbocycles. The zero-order chi connectivity index (χ0) is 22.9. The lowest BCUT2D eigenvalue weighted by Gasteiger charge is -2.11. The number of carbonyl (C=O) groups excluding carboxylic acids is 3. The largest absolute Gasteiger partial charge is 0.494 e. The number of nitrogens with one attached hydrogen (secondary N) is 3. The lowest BCUT2D eigenvalue weighted by Crippen LogP contribution is -2.33. The number of hydrazone groups is 1. The first-order valence-corrected chi connectivity index (χ1v) is 9.80. The molecule has 0 aliphatic rings. The molecule has 0 saturated heterocycles. The third-order valence-corrected chi connectivity index (χ3v) is 4.17. The molecular weight excluding hydrogens is 412 g/mol. The molecule has 0 radical (unpaired) electrons. The van der Waals surface area contributed by atoms with Gasteiger partial charge < -0.3 is 19.8 Å². The maximum Gasteiger partial charge on any atom is 0.329 e. The summed E-state index contributed by atoms with van der Waals surface area (Å²) in [6.45, 7) is 4.19. The molecular formula is C23H22N4O5. The molecule has 1 aromatic heterocycles. The molecule has 9 heteroatoms. The molecule has 0 fully saturated rings. The first-order valence-electron chi connectivity index (χ1n) is 9.80. The number of hydrogen-bond acceptors (Lipinski definition) is 6. The van der Waals surface area contributed by atoms with Crippen LogP contribution in [-0.4, -0.2) is 30.5 Å². The van der Waals surface area contributed by atoms with Crippen LogP contribution in [-0.2, 0) is 9.59 Å². The van der Waals surface area contributed by atoms with Crippen molar-refractivity contribution in [3.05, 3.63) is 77.7 Å². The van der Waals surface area contributed by atoms with E-state index in [2.05, 4.69) is 21.2 Å². The van der Waals surface area contributed by atoms with Gasteiger partial charge in [-0.3, -0.25) is 14.4 Å². The van der Waals surface area contributed by atoms with Crippen molar-refractivity contribution in [2.45, 2.75) is 13.8 Å². The van der Waals surface area contributed by atoms with Crippen molar-refractivity contribution in [2.24, 2.45) is 5.10 Å². The Balaban J connectivity index is 1.62. The molecule has 1 heterocycles. The van der Waals surface area contributed by atoms with Crippen molar-refractivity contribution < 1.29 is 23.5 Å². The highest BCUT2D eigenvalue weighted by atomic mass is 16.5. The predicted octanol–water partition coefficient (Wildman–Crippen LogP) is 3.33. The Morgan fingerprint density at radius 1 is 0.969 bits per heavy atom. The Labute approximate surface area is 184 Å². The second-order valence-electron chi connectivity index (χ2n) is 6.56. The van der Waals surface area contributed by atoms with Crippen LogP contribution in [0.3, 0.4) is 0 Å². The Kier molecular flexibility index (Phi) is 7.37. The normalized spacial score (nSPS) is 10.6. The fraction of sp³-hybridized carbons (Fsp3) is 0.130. The molecule has 164 valence electrons. The van der Waals surface area contributed by atoms with Gasteiger partial charge in [-0.1, -0.05) is 12.1 Å². The second-order valence-corrected chi connectivity index (χ2v) is 6.56. The molecule has 3 N–H and O–H groups in total. The minimum absolute atomic E-state index is 0.182. The highest BCUT2D eigenvalue weighted by molar-refractivity contribution is 6.40. The van der Waals surface area contributed by atoms with Gasteiger partial charge in [0.2, 0.25) is 0 Å². The van der Waals surface area contributed by atoms with Crippen LogP contribution in [0.2, 0.25) is 0 Å². The third kappa shape index (κ3) is 6.05. The molecule has 9 nitrogen and oxygen atoms in total. The smallest absolute Gasteiger partial charge is 0.329 e. The van der Waals surface area contributed by atoms with E-state index in [0.717, 1.165) is 0 Å². The van der Waals surface area contributed by atoms with Gasteiger partial charge in [-0.2, -0.15) is 5.10 Å². The van der Waals surface area contributed by atoms with Gasteiger partial charge in [0.1, 0.15) is 17.3 Å². The number of nitrogens with zero attached hydrogens (tertiary/aromatic N) is 1. The van der Waals surface area contributed by atoms with Gasteiger partial charge in [-0.15, -0.1) is 0 Å². The summed E-state index contributed by atoms with van der Waals surface area (Å²) in [6, 6.07) is 16.6. The zero-order valence-corrected chi connectivity index (χ0v) is 17.5. The van der Waals surface area contributed by atoms with Crippen LogP contribution in [0.5, 0.6) is 5.75 Å². The number of carbonyl (C=O) groups is 3. The van der Waals surface area contributed by atoms with Crippen molar-refractivity contribution in [3.63, 3.8) is 0 Å². The highest BCUT2D eigenvalue weighted by Crippen LogP contribution is 2.19. The third-order valence-electron chi connectivity index (χ3n) is 4.17. The Hall–Kier alpha value is -4.40. The fourth-order valence-electron chi connectivity index (χ4n) is 2.70.